The molecule has 0 aromatic carbocycles. The molecule has 2 aromatic heterocycles. The summed E-state index contributed by atoms with van der Waals surface area (Å²) in [5.41, 5.74) is 3.49. The van der Waals surface area contributed by atoms with E-state index >= 15 is 0 Å². The molecule has 3 rings (SSSR count). The zero-order valence-corrected chi connectivity index (χ0v) is 14.3. The highest BCUT2D eigenvalue weighted by Gasteiger charge is 2.24. The smallest absolute Gasteiger partial charge is 0.162 e. The molecule has 1 saturated carbocycles. The standard InChI is InChI=1S/C14H14ClIN2S/c1-8-6-19-7-10(8)14-17-12(9-4-2-3-5-9)11(16)13(15)18-14/h6-7,9H,2-5H2,1H3. The fraction of sp³-hybridized carbons (Fsp3) is 0.429. The van der Waals surface area contributed by atoms with Crippen molar-refractivity contribution >= 4 is 45.5 Å². The lowest BCUT2D eigenvalue weighted by Crippen LogP contribution is -2.04. The van der Waals surface area contributed by atoms with Crippen LogP contribution in [0.1, 0.15) is 42.9 Å². The molecule has 0 saturated heterocycles. The summed E-state index contributed by atoms with van der Waals surface area (Å²) in [5, 5.41) is 4.82. The van der Waals surface area contributed by atoms with Crippen LogP contribution in [-0.2, 0) is 0 Å². The van der Waals surface area contributed by atoms with Crippen LogP contribution in [0.5, 0.6) is 0 Å². The summed E-state index contributed by atoms with van der Waals surface area (Å²) in [6.07, 6.45) is 5.06. The highest BCUT2D eigenvalue weighted by Crippen LogP contribution is 2.38. The Bertz CT molecular complexity index is 605. The van der Waals surface area contributed by atoms with Gasteiger partial charge < -0.3 is 0 Å². The third kappa shape index (κ3) is 2.67. The Kier molecular flexibility index (Phi) is 4.10. The van der Waals surface area contributed by atoms with Gasteiger partial charge in [-0.25, -0.2) is 9.97 Å². The second-order valence-electron chi connectivity index (χ2n) is 4.99. The first-order chi connectivity index (χ1) is 9.16. The second kappa shape index (κ2) is 5.66. The lowest BCUT2D eigenvalue weighted by molar-refractivity contribution is 0.690. The summed E-state index contributed by atoms with van der Waals surface area (Å²) >= 11 is 10.3. The van der Waals surface area contributed by atoms with Gasteiger partial charge in [0.1, 0.15) is 5.15 Å². The van der Waals surface area contributed by atoms with Crippen LogP contribution in [0.4, 0.5) is 0 Å². The van der Waals surface area contributed by atoms with Crippen LogP contribution in [0.2, 0.25) is 5.15 Å². The van der Waals surface area contributed by atoms with Crippen LogP contribution in [0, 0.1) is 10.5 Å². The van der Waals surface area contributed by atoms with Gasteiger partial charge in [0, 0.05) is 16.9 Å². The predicted octanol–water partition coefficient (Wildman–Crippen LogP) is 5.43. The SMILES string of the molecule is Cc1cscc1-c1nc(Cl)c(I)c(C2CCCC2)n1. The Balaban J connectivity index is 2.10. The third-order valence-electron chi connectivity index (χ3n) is 3.67. The third-order valence-corrected chi connectivity index (χ3v) is 6.19. The summed E-state index contributed by atoms with van der Waals surface area (Å²) in [7, 11) is 0. The normalized spacial score (nSPS) is 16.2. The molecule has 0 N–H and O–H groups in total. The Morgan fingerprint density at radius 3 is 2.63 bits per heavy atom. The molecule has 2 heterocycles. The van der Waals surface area contributed by atoms with Crippen molar-refractivity contribution in [2.24, 2.45) is 0 Å². The molecule has 0 spiro atoms. The zero-order chi connectivity index (χ0) is 13.4. The number of aromatic nitrogens is 2. The Morgan fingerprint density at radius 2 is 2.00 bits per heavy atom. The molecule has 19 heavy (non-hydrogen) atoms. The number of rotatable bonds is 2. The Hall–Kier alpha value is -0.200. The fourth-order valence-electron chi connectivity index (χ4n) is 2.62. The maximum atomic E-state index is 6.31. The Labute approximate surface area is 135 Å². The molecule has 0 radical (unpaired) electrons. The van der Waals surface area contributed by atoms with E-state index < -0.39 is 0 Å². The molecule has 100 valence electrons. The molecule has 1 aliphatic carbocycles. The molecular weight excluding hydrogens is 391 g/mol. The van der Waals surface area contributed by atoms with Crippen LogP contribution < -0.4 is 0 Å². The van der Waals surface area contributed by atoms with Gasteiger partial charge in [0.2, 0.25) is 0 Å². The molecule has 1 fully saturated rings. The van der Waals surface area contributed by atoms with E-state index in [1.54, 1.807) is 11.3 Å². The average Bonchev–Trinajstić information content (AvgIpc) is 3.03. The van der Waals surface area contributed by atoms with Crippen molar-refractivity contribution in [2.45, 2.75) is 38.5 Å². The zero-order valence-electron chi connectivity index (χ0n) is 10.6. The van der Waals surface area contributed by atoms with E-state index in [0.29, 0.717) is 11.1 Å². The van der Waals surface area contributed by atoms with Gasteiger partial charge >= 0.3 is 0 Å². The molecule has 0 bridgehead atoms. The molecule has 0 unspecified atom stereocenters. The summed E-state index contributed by atoms with van der Waals surface area (Å²) in [6.45, 7) is 2.09. The molecule has 5 heteroatoms. The summed E-state index contributed by atoms with van der Waals surface area (Å²) in [6, 6.07) is 0. The van der Waals surface area contributed by atoms with Gasteiger partial charge in [-0.3, -0.25) is 0 Å². The number of aryl methyl sites for hydroxylation is 1. The molecule has 1 aliphatic rings. The summed E-state index contributed by atoms with van der Waals surface area (Å²) in [5.74, 6) is 1.34. The molecular formula is C14H14ClIN2S. The second-order valence-corrected chi connectivity index (χ2v) is 7.17. The highest BCUT2D eigenvalue weighted by molar-refractivity contribution is 14.1. The first-order valence-electron chi connectivity index (χ1n) is 6.43. The number of thiophene rings is 1. The van der Waals surface area contributed by atoms with Crippen LogP contribution in [-0.4, -0.2) is 9.97 Å². The van der Waals surface area contributed by atoms with Crippen LogP contribution in [0.25, 0.3) is 11.4 Å². The van der Waals surface area contributed by atoms with Crippen molar-refractivity contribution in [3.63, 3.8) is 0 Å². The van der Waals surface area contributed by atoms with Gasteiger partial charge in [0.05, 0.1) is 9.26 Å². The van der Waals surface area contributed by atoms with Crippen molar-refractivity contribution in [3.8, 4) is 11.4 Å². The topological polar surface area (TPSA) is 25.8 Å². The molecule has 2 nitrogen and oxygen atoms in total. The first-order valence-corrected chi connectivity index (χ1v) is 8.83. The van der Waals surface area contributed by atoms with E-state index in [1.807, 2.05) is 0 Å². The van der Waals surface area contributed by atoms with Crippen molar-refractivity contribution < 1.29 is 0 Å². The minimum absolute atomic E-state index is 0.560. The number of nitrogens with zero attached hydrogens (tertiary/aromatic N) is 2. The predicted molar refractivity (Wildman–Crippen MR) is 89.0 cm³/mol. The van der Waals surface area contributed by atoms with Gasteiger partial charge in [-0.15, -0.1) is 0 Å². The van der Waals surface area contributed by atoms with Gasteiger partial charge in [-0.2, -0.15) is 11.3 Å². The first kappa shape index (κ1) is 13.8. The maximum absolute atomic E-state index is 6.31. The van der Waals surface area contributed by atoms with Crippen LogP contribution >= 0.6 is 45.5 Å². The van der Waals surface area contributed by atoms with E-state index in [9.17, 15) is 0 Å². The largest absolute Gasteiger partial charge is 0.232 e. The highest BCUT2D eigenvalue weighted by atomic mass is 127. The van der Waals surface area contributed by atoms with Gasteiger partial charge in [0.15, 0.2) is 5.82 Å². The summed E-state index contributed by atoms with van der Waals surface area (Å²) in [4.78, 5) is 9.28. The monoisotopic (exact) mass is 404 g/mol. The quantitative estimate of drug-likeness (QED) is 0.493. The number of hydrogen-bond donors (Lipinski definition) is 0. The van der Waals surface area contributed by atoms with Crippen molar-refractivity contribution in [1.82, 2.24) is 9.97 Å². The molecule has 0 aliphatic heterocycles. The van der Waals surface area contributed by atoms with Gasteiger partial charge in [0.25, 0.3) is 0 Å². The molecule has 0 atom stereocenters. The number of hydrogen-bond acceptors (Lipinski definition) is 3. The van der Waals surface area contributed by atoms with Crippen molar-refractivity contribution in [1.29, 1.82) is 0 Å². The van der Waals surface area contributed by atoms with E-state index in [1.165, 1.54) is 31.2 Å². The van der Waals surface area contributed by atoms with Crippen LogP contribution in [0.15, 0.2) is 10.8 Å². The maximum Gasteiger partial charge on any atom is 0.162 e. The minimum Gasteiger partial charge on any atom is -0.232 e. The van der Waals surface area contributed by atoms with Crippen molar-refractivity contribution in [2.75, 3.05) is 0 Å². The number of halogens is 2. The van der Waals surface area contributed by atoms with E-state index in [-0.39, 0.29) is 0 Å². The molecule has 2 aromatic rings. The van der Waals surface area contributed by atoms with E-state index in [0.717, 1.165) is 20.7 Å². The lowest BCUT2D eigenvalue weighted by atomic mass is 10.0. The fourth-order valence-corrected chi connectivity index (χ4v) is 4.30. The van der Waals surface area contributed by atoms with E-state index in [2.05, 4.69) is 45.3 Å². The van der Waals surface area contributed by atoms with Gasteiger partial charge in [-0.05, 0) is 53.3 Å². The molecule has 0 amide bonds. The summed E-state index contributed by atoms with van der Waals surface area (Å²) < 4.78 is 1.03. The lowest BCUT2D eigenvalue weighted by Gasteiger charge is -2.13. The van der Waals surface area contributed by atoms with Crippen molar-refractivity contribution in [3.05, 3.63) is 30.7 Å². The van der Waals surface area contributed by atoms with Crippen LogP contribution in [0.3, 0.4) is 0 Å². The van der Waals surface area contributed by atoms with Gasteiger partial charge in [-0.1, -0.05) is 24.4 Å². The van der Waals surface area contributed by atoms with E-state index in [4.69, 9.17) is 16.6 Å². The minimum atomic E-state index is 0.560. The average molecular weight is 405 g/mol. The Morgan fingerprint density at radius 1 is 1.26 bits per heavy atom.